The number of carbonyl (C=O) groups excluding carboxylic acids is 1. The number of benzene rings is 1. The molecule has 20 heavy (non-hydrogen) atoms. The van der Waals surface area contributed by atoms with E-state index in [1.165, 1.54) is 12.1 Å². The Morgan fingerprint density at radius 3 is 2.50 bits per heavy atom. The van der Waals surface area contributed by atoms with Crippen LogP contribution >= 0.6 is 10.7 Å². The van der Waals surface area contributed by atoms with Gasteiger partial charge < -0.3 is 4.90 Å². The summed E-state index contributed by atoms with van der Waals surface area (Å²) in [6.45, 7) is 2.41. The molecule has 1 heterocycles. The highest BCUT2D eigenvalue weighted by Gasteiger charge is 2.24. The van der Waals surface area contributed by atoms with Crippen LogP contribution in [0.5, 0.6) is 0 Å². The summed E-state index contributed by atoms with van der Waals surface area (Å²) in [5.41, 5.74) is 1.02. The van der Waals surface area contributed by atoms with Gasteiger partial charge in [-0.15, -0.1) is 0 Å². The Morgan fingerprint density at radius 2 is 1.95 bits per heavy atom. The number of amides is 1. The van der Waals surface area contributed by atoms with Crippen molar-refractivity contribution >= 4 is 25.6 Å². The lowest BCUT2D eigenvalue weighted by molar-refractivity contribution is -0.132. The summed E-state index contributed by atoms with van der Waals surface area (Å²) in [6, 6.07) is 6.77. The summed E-state index contributed by atoms with van der Waals surface area (Å²) < 4.78 is 22.4. The third-order valence-corrected chi connectivity index (χ3v) is 5.08. The SMILES string of the molecule is CC(=O)N1CCCCC1Cc1ccc(S(=O)(=O)Cl)cc1. The predicted molar refractivity (Wildman–Crippen MR) is 78.2 cm³/mol. The lowest BCUT2D eigenvalue weighted by atomic mass is 9.95. The van der Waals surface area contributed by atoms with Crippen LogP contribution in [0.2, 0.25) is 0 Å². The lowest BCUT2D eigenvalue weighted by Gasteiger charge is -2.35. The molecule has 2 rings (SSSR count). The average molecular weight is 316 g/mol. The lowest BCUT2D eigenvalue weighted by Crippen LogP contribution is -2.43. The molecular weight excluding hydrogens is 298 g/mol. The minimum Gasteiger partial charge on any atom is -0.340 e. The van der Waals surface area contributed by atoms with Crippen LogP contribution in [0.1, 0.15) is 31.7 Å². The van der Waals surface area contributed by atoms with Crippen LogP contribution in [0, 0.1) is 0 Å². The highest BCUT2D eigenvalue weighted by atomic mass is 35.7. The summed E-state index contributed by atoms with van der Waals surface area (Å²) in [4.78, 5) is 13.6. The molecule has 1 aromatic rings. The first-order valence-electron chi connectivity index (χ1n) is 6.69. The number of hydrogen-bond donors (Lipinski definition) is 0. The van der Waals surface area contributed by atoms with Crippen LogP contribution in [0.3, 0.4) is 0 Å². The predicted octanol–water partition coefficient (Wildman–Crippen LogP) is 2.56. The van der Waals surface area contributed by atoms with Crippen molar-refractivity contribution in [3.05, 3.63) is 29.8 Å². The maximum Gasteiger partial charge on any atom is 0.261 e. The number of likely N-dealkylation sites (tertiary alicyclic amines) is 1. The van der Waals surface area contributed by atoms with Gasteiger partial charge in [-0.2, -0.15) is 0 Å². The van der Waals surface area contributed by atoms with Gasteiger partial charge >= 0.3 is 0 Å². The van der Waals surface area contributed by atoms with E-state index in [9.17, 15) is 13.2 Å². The molecule has 0 saturated carbocycles. The summed E-state index contributed by atoms with van der Waals surface area (Å²) >= 11 is 0. The standard InChI is InChI=1S/C14H18ClNO3S/c1-11(17)16-9-3-2-4-13(16)10-12-5-7-14(8-6-12)20(15,18)19/h5-8,13H,2-4,9-10H2,1H3. The van der Waals surface area contributed by atoms with Crippen molar-refractivity contribution in [2.24, 2.45) is 0 Å². The number of nitrogens with zero attached hydrogens (tertiary/aromatic N) is 1. The number of piperidine rings is 1. The quantitative estimate of drug-likeness (QED) is 0.806. The summed E-state index contributed by atoms with van der Waals surface area (Å²) in [6.07, 6.45) is 3.93. The first-order valence-corrected chi connectivity index (χ1v) is 8.99. The van der Waals surface area contributed by atoms with Crippen molar-refractivity contribution in [2.45, 2.75) is 43.5 Å². The summed E-state index contributed by atoms with van der Waals surface area (Å²) in [5, 5.41) is 0. The number of carbonyl (C=O) groups is 1. The van der Waals surface area contributed by atoms with Gasteiger partial charge in [0.1, 0.15) is 0 Å². The van der Waals surface area contributed by atoms with E-state index in [2.05, 4.69) is 0 Å². The Bertz CT molecular complexity index is 583. The van der Waals surface area contributed by atoms with Crippen molar-refractivity contribution in [3.8, 4) is 0 Å². The molecule has 1 atom stereocenters. The zero-order valence-electron chi connectivity index (χ0n) is 11.4. The topological polar surface area (TPSA) is 54.5 Å². The maximum absolute atomic E-state index is 11.6. The first kappa shape index (κ1) is 15.3. The monoisotopic (exact) mass is 315 g/mol. The number of rotatable bonds is 3. The second-order valence-corrected chi connectivity index (χ2v) is 7.71. The van der Waals surface area contributed by atoms with Crippen LogP contribution in [0.4, 0.5) is 0 Å². The molecule has 1 unspecified atom stereocenters. The minimum absolute atomic E-state index is 0.106. The second kappa shape index (κ2) is 6.14. The third kappa shape index (κ3) is 3.73. The largest absolute Gasteiger partial charge is 0.340 e. The normalized spacial score (nSPS) is 19.9. The molecular formula is C14H18ClNO3S. The Morgan fingerprint density at radius 1 is 1.30 bits per heavy atom. The molecule has 1 saturated heterocycles. The van der Waals surface area contributed by atoms with Crippen LogP contribution < -0.4 is 0 Å². The van der Waals surface area contributed by atoms with Gasteiger partial charge in [0, 0.05) is 30.2 Å². The number of halogens is 1. The Balaban J connectivity index is 2.11. The van der Waals surface area contributed by atoms with Gasteiger partial charge in [-0.05, 0) is 43.4 Å². The molecule has 1 aliphatic heterocycles. The third-order valence-electron chi connectivity index (χ3n) is 3.71. The zero-order chi connectivity index (χ0) is 14.8. The van der Waals surface area contributed by atoms with Crippen molar-refractivity contribution < 1.29 is 13.2 Å². The fourth-order valence-corrected chi connectivity index (χ4v) is 3.46. The van der Waals surface area contributed by atoms with Crippen molar-refractivity contribution in [2.75, 3.05) is 6.54 Å². The van der Waals surface area contributed by atoms with E-state index in [0.717, 1.165) is 37.8 Å². The van der Waals surface area contributed by atoms with Gasteiger partial charge in [-0.25, -0.2) is 8.42 Å². The fraction of sp³-hybridized carbons (Fsp3) is 0.500. The van der Waals surface area contributed by atoms with Gasteiger partial charge in [0.2, 0.25) is 5.91 Å². The molecule has 1 aromatic carbocycles. The molecule has 4 nitrogen and oxygen atoms in total. The minimum atomic E-state index is -3.67. The Kier molecular flexibility index (Phi) is 4.70. The van der Waals surface area contributed by atoms with Crippen LogP contribution in [-0.4, -0.2) is 31.8 Å². The average Bonchev–Trinajstić information content (AvgIpc) is 2.38. The van der Waals surface area contributed by atoms with Crippen LogP contribution in [0.25, 0.3) is 0 Å². The van der Waals surface area contributed by atoms with Crippen molar-refractivity contribution in [3.63, 3.8) is 0 Å². The zero-order valence-corrected chi connectivity index (χ0v) is 13.0. The van der Waals surface area contributed by atoms with E-state index < -0.39 is 9.05 Å². The molecule has 6 heteroatoms. The fourth-order valence-electron chi connectivity index (χ4n) is 2.69. The molecule has 110 valence electrons. The molecule has 0 aromatic heterocycles. The van der Waals surface area contributed by atoms with Gasteiger partial charge in [0.15, 0.2) is 0 Å². The van der Waals surface area contributed by atoms with Gasteiger partial charge in [-0.1, -0.05) is 12.1 Å². The maximum atomic E-state index is 11.6. The summed E-state index contributed by atoms with van der Waals surface area (Å²) in [7, 11) is 1.62. The molecule has 0 bridgehead atoms. The van der Waals surface area contributed by atoms with Crippen molar-refractivity contribution in [1.29, 1.82) is 0 Å². The van der Waals surface area contributed by atoms with E-state index in [1.54, 1.807) is 19.1 Å². The van der Waals surface area contributed by atoms with E-state index in [0.29, 0.717) is 0 Å². The molecule has 1 aliphatic rings. The van der Waals surface area contributed by atoms with Crippen molar-refractivity contribution in [1.82, 2.24) is 4.90 Å². The molecule has 1 amide bonds. The second-order valence-electron chi connectivity index (χ2n) is 5.15. The Hall–Kier alpha value is -1.07. The summed E-state index contributed by atoms with van der Waals surface area (Å²) in [5.74, 6) is 0.106. The van der Waals surface area contributed by atoms with E-state index in [-0.39, 0.29) is 16.8 Å². The van der Waals surface area contributed by atoms with Crippen LogP contribution in [-0.2, 0) is 20.3 Å². The van der Waals surface area contributed by atoms with Gasteiger partial charge in [0.05, 0.1) is 4.90 Å². The van der Waals surface area contributed by atoms with Gasteiger partial charge in [0.25, 0.3) is 9.05 Å². The molecule has 1 fully saturated rings. The molecule has 0 aliphatic carbocycles. The van der Waals surface area contributed by atoms with E-state index >= 15 is 0 Å². The van der Waals surface area contributed by atoms with Crippen LogP contribution in [0.15, 0.2) is 29.2 Å². The first-order chi connectivity index (χ1) is 9.38. The van der Waals surface area contributed by atoms with Gasteiger partial charge in [-0.3, -0.25) is 4.79 Å². The van der Waals surface area contributed by atoms with E-state index in [4.69, 9.17) is 10.7 Å². The van der Waals surface area contributed by atoms with E-state index in [1.807, 2.05) is 4.90 Å². The Labute approximate surface area is 124 Å². The molecule has 0 radical (unpaired) electrons. The molecule has 0 spiro atoms. The highest BCUT2D eigenvalue weighted by Crippen LogP contribution is 2.22. The number of hydrogen-bond acceptors (Lipinski definition) is 3. The highest BCUT2D eigenvalue weighted by molar-refractivity contribution is 8.13. The molecule has 0 N–H and O–H groups in total. The smallest absolute Gasteiger partial charge is 0.261 e.